The third kappa shape index (κ3) is 7.19. The van der Waals surface area contributed by atoms with E-state index in [-0.39, 0.29) is 24.8 Å². The van der Waals surface area contributed by atoms with Gasteiger partial charge in [0.05, 0.1) is 0 Å². The molecule has 6 heteroatoms. The van der Waals surface area contributed by atoms with E-state index in [4.69, 9.17) is 21.7 Å². The summed E-state index contributed by atoms with van der Waals surface area (Å²) >= 11 is 0. The second-order valence-electron chi connectivity index (χ2n) is 3.89. The largest absolute Gasteiger partial charge is 0.481 e. The summed E-state index contributed by atoms with van der Waals surface area (Å²) in [6.07, 6.45) is 1.53. The average molecular weight is 232 g/mol. The molecule has 0 saturated heterocycles. The van der Waals surface area contributed by atoms with Crippen molar-refractivity contribution in [2.45, 2.75) is 38.1 Å². The Morgan fingerprint density at radius 2 is 1.75 bits per heavy atom. The van der Waals surface area contributed by atoms with Gasteiger partial charge in [0.1, 0.15) is 0 Å². The van der Waals surface area contributed by atoms with Gasteiger partial charge in [0.15, 0.2) is 0 Å². The zero-order valence-electron chi connectivity index (χ0n) is 9.26. The highest BCUT2D eigenvalue weighted by Crippen LogP contribution is 2.18. The standard InChI is InChI=1S/C10H20N2O4/c11-5-1-2-8(12)7(6-10(15)16)3-4-9(13)14/h7-8H,1-6,11-12H2,(H,13,14)(H,15,16). The molecular weight excluding hydrogens is 212 g/mol. The first-order valence-corrected chi connectivity index (χ1v) is 5.36. The zero-order chi connectivity index (χ0) is 12.6. The number of carbonyl (C=O) groups is 2. The van der Waals surface area contributed by atoms with E-state index in [1.807, 2.05) is 0 Å². The molecule has 0 aliphatic heterocycles. The lowest BCUT2D eigenvalue weighted by molar-refractivity contribution is -0.140. The van der Waals surface area contributed by atoms with Crippen LogP contribution in [0.3, 0.4) is 0 Å². The second kappa shape index (κ2) is 8.06. The lowest BCUT2D eigenvalue weighted by Crippen LogP contribution is -2.32. The van der Waals surface area contributed by atoms with E-state index in [9.17, 15) is 9.59 Å². The van der Waals surface area contributed by atoms with Gasteiger partial charge >= 0.3 is 11.9 Å². The maximum absolute atomic E-state index is 10.6. The smallest absolute Gasteiger partial charge is 0.303 e. The molecule has 0 aromatic heterocycles. The van der Waals surface area contributed by atoms with Gasteiger partial charge in [-0.25, -0.2) is 0 Å². The van der Waals surface area contributed by atoms with E-state index in [1.54, 1.807) is 0 Å². The minimum Gasteiger partial charge on any atom is -0.481 e. The molecule has 0 fully saturated rings. The molecule has 0 aliphatic rings. The first kappa shape index (κ1) is 14.9. The first-order valence-electron chi connectivity index (χ1n) is 5.36. The minimum absolute atomic E-state index is 0.0473. The number of nitrogens with two attached hydrogens (primary N) is 2. The molecule has 0 saturated carbocycles. The van der Waals surface area contributed by atoms with Crippen molar-refractivity contribution in [1.29, 1.82) is 0 Å². The maximum atomic E-state index is 10.6. The van der Waals surface area contributed by atoms with Crippen LogP contribution in [0.4, 0.5) is 0 Å². The summed E-state index contributed by atoms with van der Waals surface area (Å²) in [5, 5.41) is 17.2. The van der Waals surface area contributed by atoms with E-state index in [2.05, 4.69) is 0 Å². The molecule has 0 aliphatic carbocycles. The van der Waals surface area contributed by atoms with E-state index in [1.165, 1.54) is 0 Å². The van der Waals surface area contributed by atoms with Crippen molar-refractivity contribution in [3.8, 4) is 0 Å². The maximum Gasteiger partial charge on any atom is 0.303 e. The summed E-state index contributed by atoms with van der Waals surface area (Å²) in [5.41, 5.74) is 11.2. The van der Waals surface area contributed by atoms with E-state index >= 15 is 0 Å². The third-order valence-corrected chi connectivity index (χ3v) is 2.51. The van der Waals surface area contributed by atoms with E-state index < -0.39 is 11.9 Å². The van der Waals surface area contributed by atoms with Crippen molar-refractivity contribution in [2.24, 2.45) is 17.4 Å². The molecule has 2 unspecified atom stereocenters. The van der Waals surface area contributed by atoms with Crippen LogP contribution in [0.1, 0.15) is 32.1 Å². The number of hydrogen-bond donors (Lipinski definition) is 4. The Balaban J connectivity index is 4.16. The highest BCUT2D eigenvalue weighted by Gasteiger charge is 2.21. The Hall–Kier alpha value is -1.14. The zero-order valence-corrected chi connectivity index (χ0v) is 9.26. The molecule has 16 heavy (non-hydrogen) atoms. The second-order valence-corrected chi connectivity index (χ2v) is 3.89. The molecule has 2 atom stereocenters. The molecule has 94 valence electrons. The Kier molecular flexibility index (Phi) is 7.49. The number of hydrogen-bond acceptors (Lipinski definition) is 4. The SMILES string of the molecule is NCCCC(N)C(CCC(=O)O)CC(=O)O. The van der Waals surface area contributed by atoms with Gasteiger partial charge in [0.25, 0.3) is 0 Å². The predicted molar refractivity (Wildman–Crippen MR) is 58.9 cm³/mol. The lowest BCUT2D eigenvalue weighted by atomic mass is 9.89. The van der Waals surface area contributed by atoms with Crippen LogP contribution in [0.25, 0.3) is 0 Å². The number of carboxylic acids is 2. The first-order chi connectivity index (χ1) is 7.47. The molecule has 6 N–H and O–H groups in total. The van der Waals surface area contributed by atoms with Crippen molar-refractivity contribution < 1.29 is 19.8 Å². The molecule has 0 amide bonds. The Morgan fingerprint density at radius 3 is 2.19 bits per heavy atom. The van der Waals surface area contributed by atoms with Crippen LogP contribution in [0.2, 0.25) is 0 Å². The lowest BCUT2D eigenvalue weighted by Gasteiger charge is -2.21. The predicted octanol–water partition coefficient (Wildman–Crippen LogP) is 0.00830. The van der Waals surface area contributed by atoms with Crippen LogP contribution in [-0.4, -0.2) is 34.7 Å². The van der Waals surface area contributed by atoms with E-state index in [0.717, 1.165) is 6.42 Å². The summed E-state index contributed by atoms with van der Waals surface area (Å²) in [7, 11) is 0. The van der Waals surface area contributed by atoms with Crippen LogP contribution in [0.15, 0.2) is 0 Å². The molecule has 0 radical (unpaired) electrons. The van der Waals surface area contributed by atoms with Gasteiger partial charge in [0, 0.05) is 18.9 Å². The number of aliphatic carboxylic acids is 2. The van der Waals surface area contributed by atoms with Crippen LogP contribution in [-0.2, 0) is 9.59 Å². The van der Waals surface area contributed by atoms with Gasteiger partial charge in [-0.2, -0.15) is 0 Å². The van der Waals surface area contributed by atoms with Gasteiger partial charge in [-0.3, -0.25) is 9.59 Å². The van der Waals surface area contributed by atoms with Crippen molar-refractivity contribution in [3.63, 3.8) is 0 Å². The molecule has 0 aromatic rings. The topological polar surface area (TPSA) is 127 Å². The minimum atomic E-state index is -0.946. The quantitative estimate of drug-likeness (QED) is 0.443. The van der Waals surface area contributed by atoms with Crippen molar-refractivity contribution in [2.75, 3.05) is 6.54 Å². The van der Waals surface area contributed by atoms with Crippen LogP contribution in [0, 0.1) is 5.92 Å². The van der Waals surface area contributed by atoms with Crippen LogP contribution in [0.5, 0.6) is 0 Å². The average Bonchev–Trinajstić information content (AvgIpc) is 2.19. The highest BCUT2D eigenvalue weighted by atomic mass is 16.4. The van der Waals surface area contributed by atoms with Gasteiger partial charge in [0.2, 0.25) is 0 Å². The molecule has 0 heterocycles. The summed E-state index contributed by atoms with van der Waals surface area (Å²) in [4.78, 5) is 21.0. The Morgan fingerprint density at radius 1 is 1.12 bits per heavy atom. The van der Waals surface area contributed by atoms with Crippen molar-refractivity contribution in [3.05, 3.63) is 0 Å². The normalized spacial score (nSPS) is 14.4. The fourth-order valence-corrected chi connectivity index (χ4v) is 1.59. The fraction of sp³-hybridized carbons (Fsp3) is 0.800. The number of carboxylic acid groups (broad SMARTS) is 2. The molecular formula is C10H20N2O4. The summed E-state index contributed by atoms with van der Waals surface area (Å²) in [6, 6.07) is -0.293. The molecule has 0 bridgehead atoms. The van der Waals surface area contributed by atoms with Crippen molar-refractivity contribution >= 4 is 11.9 Å². The molecule has 0 spiro atoms. The van der Waals surface area contributed by atoms with Gasteiger partial charge in [-0.05, 0) is 31.7 Å². The van der Waals surface area contributed by atoms with Gasteiger partial charge in [-0.15, -0.1) is 0 Å². The van der Waals surface area contributed by atoms with Crippen LogP contribution >= 0.6 is 0 Å². The third-order valence-electron chi connectivity index (χ3n) is 2.51. The Labute approximate surface area is 94.6 Å². The van der Waals surface area contributed by atoms with Gasteiger partial charge in [-0.1, -0.05) is 0 Å². The summed E-state index contributed by atoms with van der Waals surface area (Å²) < 4.78 is 0. The van der Waals surface area contributed by atoms with Crippen LogP contribution < -0.4 is 11.5 Å². The molecule has 0 rings (SSSR count). The van der Waals surface area contributed by atoms with E-state index in [0.29, 0.717) is 19.4 Å². The molecule has 6 nitrogen and oxygen atoms in total. The van der Waals surface area contributed by atoms with Gasteiger partial charge < -0.3 is 21.7 Å². The Bertz CT molecular complexity index is 233. The molecule has 0 aromatic carbocycles. The highest BCUT2D eigenvalue weighted by molar-refractivity contribution is 5.68. The van der Waals surface area contributed by atoms with Crippen molar-refractivity contribution in [1.82, 2.24) is 0 Å². The fourth-order valence-electron chi connectivity index (χ4n) is 1.59. The monoisotopic (exact) mass is 232 g/mol. The number of rotatable bonds is 9. The summed E-state index contributed by atoms with van der Waals surface area (Å²) in [6.45, 7) is 0.506. The summed E-state index contributed by atoms with van der Waals surface area (Å²) in [5.74, 6) is -2.17.